The van der Waals surface area contributed by atoms with Crippen molar-refractivity contribution in [3.8, 4) is 12.3 Å². The summed E-state index contributed by atoms with van der Waals surface area (Å²) in [6.07, 6.45) is 4.49. The molecule has 0 saturated carbocycles. The summed E-state index contributed by atoms with van der Waals surface area (Å²) >= 11 is 2.20. The molecule has 3 nitrogen and oxygen atoms in total. The van der Waals surface area contributed by atoms with Crippen LogP contribution in [0.5, 0.6) is 0 Å². The van der Waals surface area contributed by atoms with Gasteiger partial charge in [0.25, 0.3) is 0 Å². The maximum atomic E-state index is 11.0. The standard InChI is InChI=1S/C11H10INO2/c1-2-6-13-11(14)15-8-9-4-3-5-10(12)7-9/h1,3-5,7H,6,8H2,(H,13,14). The largest absolute Gasteiger partial charge is 0.445 e. The van der Waals surface area contributed by atoms with Gasteiger partial charge < -0.3 is 10.1 Å². The summed E-state index contributed by atoms with van der Waals surface area (Å²) in [5.41, 5.74) is 0.956. The molecule has 0 radical (unpaired) electrons. The third-order valence-corrected chi connectivity index (χ3v) is 2.26. The molecule has 1 aromatic rings. The number of terminal acetylenes is 1. The Kier molecular flexibility index (Phi) is 4.98. The van der Waals surface area contributed by atoms with Crippen LogP contribution in [0.15, 0.2) is 24.3 Å². The molecule has 1 amide bonds. The molecule has 15 heavy (non-hydrogen) atoms. The van der Waals surface area contributed by atoms with E-state index in [9.17, 15) is 4.79 Å². The lowest BCUT2D eigenvalue weighted by atomic mass is 10.2. The second-order valence-corrected chi connectivity index (χ2v) is 4.01. The minimum atomic E-state index is -0.494. The van der Waals surface area contributed by atoms with E-state index in [1.54, 1.807) is 0 Å². The number of ether oxygens (including phenoxy) is 1. The highest BCUT2D eigenvalue weighted by molar-refractivity contribution is 14.1. The number of nitrogens with one attached hydrogen (secondary N) is 1. The van der Waals surface area contributed by atoms with Crippen molar-refractivity contribution in [3.05, 3.63) is 33.4 Å². The van der Waals surface area contributed by atoms with Crippen LogP contribution in [0, 0.1) is 15.9 Å². The van der Waals surface area contributed by atoms with E-state index in [-0.39, 0.29) is 13.2 Å². The second kappa shape index (κ2) is 6.30. The molecule has 1 N–H and O–H groups in total. The van der Waals surface area contributed by atoms with Crippen molar-refractivity contribution >= 4 is 28.7 Å². The lowest BCUT2D eigenvalue weighted by molar-refractivity contribution is 0.141. The second-order valence-electron chi connectivity index (χ2n) is 2.76. The van der Waals surface area contributed by atoms with Gasteiger partial charge in [0.2, 0.25) is 0 Å². The van der Waals surface area contributed by atoms with Crippen molar-refractivity contribution in [1.29, 1.82) is 0 Å². The lowest BCUT2D eigenvalue weighted by Crippen LogP contribution is -2.24. The predicted molar refractivity (Wildman–Crippen MR) is 66.2 cm³/mol. The van der Waals surface area contributed by atoms with Crippen LogP contribution in [0.2, 0.25) is 0 Å². The van der Waals surface area contributed by atoms with Gasteiger partial charge in [-0.25, -0.2) is 4.79 Å². The fourth-order valence-electron chi connectivity index (χ4n) is 0.950. The highest BCUT2D eigenvalue weighted by Crippen LogP contribution is 2.08. The van der Waals surface area contributed by atoms with Gasteiger partial charge in [-0.15, -0.1) is 6.42 Å². The normalized spacial score (nSPS) is 9.07. The number of halogens is 1. The van der Waals surface area contributed by atoms with Gasteiger partial charge in [-0.05, 0) is 40.3 Å². The van der Waals surface area contributed by atoms with Gasteiger partial charge in [0.05, 0.1) is 6.54 Å². The molecule has 78 valence electrons. The smallest absolute Gasteiger partial charge is 0.408 e. The Balaban J connectivity index is 2.37. The fourth-order valence-corrected chi connectivity index (χ4v) is 1.56. The number of benzene rings is 1. The van der Waals surface area contributed by atoms with E-state index in [1.165, 1.54) is 0 Å². The van der Waals surface area contributed by atoms with Crippen molar-refractivity contribution < 1.29 is 9.53 Å². The first-order valence-electron chi connectivity index (χ1n) is 4.31. The van der Waals surface area contributed by atoms with Gasteiger partial charge in [-0.2, -0.15) is 0 Å². The minimum Gasteiger partial charge on any atom is -0.445 e. The molecule has 0 aromatic heterocycles. The topological polar surface area (TPSA) is 38.3 Å². The molecule has 0 atom stereocenters. The van der Waals surface area contributed by atoms with Gasteiger partial charge in [-0.3, -0.25) is 0 Å². The molecule has 0 aliphatic carbocycles. The van der Waals surface area contributed by atoms with Crippen LogP contribution < -0.4 is 5.32 Å². The predicted octanol–water partition coefficient (Wildman–Crippen LogP) is 2.15. The Morgan fingerprint density at radius 2 is 2.40 bits per heavy atom. The highest BCUT2D eigenvalue weighted by atomic mass is 127. The Hall–Kier alpha value is -1.22. The van der Waals surface area contributed by atoms with E-state index in [1.807, 2.05) is 24.3 Å². The zero-order valence-electron chi connectivity index (χ0n) is 8.00. The van der Waals surface area contributed by atoms with Crippen LogP contribution in [0.1, 0.15) is 5.56 Å². The molecular weight excluding hydrogens is 305 g/mol. The Bertz CT molecular complexity index is 384. The molecule has 1 rings (SSSR count). The summed E-state index contributed by atoms with van der Waals surface area (Å²) < 4.78 is 6.05. The Labute approximate surface area is 102 Å². The summed E-state index contributed by atoms with van der Waals surface area (Å²) in [5.74, 6) is 2.29. The van der Waals surface area contributed by atoms with Gasteiger partial charge in [0, 0.05) is 3.57 Å². The molecule has 0 aliphatic heterocycles. The lowest BCUT2D eigenvalue weighted by Gasteiger charge is -2.05. The first-order valence-corrected chi connectivity index (χ1v) is 5.39. The molecular formula is C11H10INO2. The van der Waals surface area contributed by atoms with Gasteiger partial charge in [0.15, 0.2) is 0 Å². The first kappa shape index (κ1) is 11.9. The summed E-state index contributed by atoms with van der Waals surface area (Å²) in [5, 5.41) is 2.42. The summed E-state index contributed by atoms with van der Waals surface area (Å²) in [7, 11) is 0. The molecule has 0 saturated heterocycles. The van der Waals surface area contributed by atoms with Crippen LogP contribution in [-0.2, 0) is 11.3 Å². The average molecular weight is 315 g/mol. The van der Waals surface area contributed by atoms with E-state index in [2.05, 4.69) is 33.8 Å². The third-order valence-electron chi connectivity index (χ3n) is 1.59. The fraction of sp³-hybridized carbons (Fsp3) is 0.182. The Morgan fingerprint density at radius 3 is 3.07 bits per heavy atom. The van der Waals surface area contributed by atoms with Crippen molar-refractivity contribution in [2.45, 2.75) is 6.61 Å². The zero-order valence-corrected chi connectivity index (χ0v) is 10.2. The number of amides is 1. The molecule has 0 unspecified atom stereocenters. The molecule has 0 bridgehead atoms. The van der Waals surface area contributed by atoms with Crippen molar-refractivity contribution in [3.63, 3.8) is 0 Å². The number of carbonyl (C=O) groups excluding carboxylic acids is 1. The quantitative estimate of drug-likeness (QED) is 0.686. The maximum Gasteiger partial charge on any atom is 0.408 e. The van der Waals surface area contributed by atoms with Crippen molar-refractivity contribution in [2.24, 2.45) is 0 Å². The van der Waals surface area contributed by atoms with Crippen LogP contribution in [0.25, 0.3) is 0 Å². The van der Waals surface area contributed by atoms with E-state index in [4.69, 9.17) is 11.2 Å². The van der Waals surface area contributed by atoms with E-state index >= 15 is 0 Å². The van der Waals surface area contributed by atoms with Gasteiger partial charge in [-0.1, -0.05) is 18.1 Å². The van der Waals surface area contributed by atoms with Crippen LogP contribution in [0.4, 0.5) is 4.79 Å². The van der Waals surface area contributed by atoms with E-state index in [0.717, 1.165) is 9.13 Å². The average Bonchev–Trinajstić information content (AvgIpc) is 2.23. The molecule has 1 aromatic carbocycles. The molecule has 0 heterocycles. The molecule has 4 heteroatoms. The molecule has 0 fully saturated rings. The van der Waals surface area contributed by atoms with Crippen molar-refractivity contribution in [1.82, 2.24) is 5.32 Å². The SMILES string of the molecule is C#CCNC(=O)OCc1cccc(I)c1. The third kappa shape index (κ3) is 4.70. The summed E-state index contributed by atoms with van der Waals surface area (Å²) in [6, 6.07) is 7.74. The van der Waals surface area contributed by atoms with Gasteiger partial charge >= 0.3 is 6.09 Å². The van der Waals surface area contributed by atoms with Gasteiger partial charge in [0.1, 0.15) is 6.61 Å². The number of hydrogen-bond acceptors (Lipinski definition) is 2. The number of rotatable bonds is 3. The number of alkyl carbamates (subject to hydrolysis) is 1. The number of hydrogen-bond donors (Lipinski definition) is 1. The highest BCUT2D eigenvalue weighted by Gasteiger charge is 2.00. The van der Waals surface area contributed by atoms with E-state index in [0.29, 0.717) is 0 Å². The minimum absolute atomic E-state index is 0.186. The summed E-state index contributed by atoms with van der Waals surface area (Å²) in [4.78, 5) is 11.0. The Morgan fingerprint density at radius 1 is 1.60 bits per heavy atom. The van der Waals surface area contributed by atoms with Crippen LogP contribution in [0.3, 0.4) is 0 Å². The van der Waals surface area contributed by atoms with E-state index < -0.39 is 6.09 Å². The monoisotopic (exact) mass is 315 g/mol. The van der Waals surface area contributed by atoms with Crippen LogP contribution >= 0.6 is 22.6 Å². The van der Waals surface area contributed by atoms with Crippen LogP contribution in [-0.4, -0.2) is 12.6 Å². The molecule has 0 aliphatic rings. The maximum absolute atomic E-state index is 11.0. The molecule has 0 spiro atoms. The van der Waals surface area contributed by atoms with Crippen molar-refractivity contribution in [2.75, 3.05) is 6.54 Å². The number of carbonyl (C=O) groups is 1. The summed E-state index contributed by atoms with van der Waals surface area (Å²) in [6.45, 7) is 0.443. The zero-order chi connectivity index (χ0) is 11.1. The first-order chi connectivity index (χ1) is 7.22.